The molecule has 208 valence electrons. The molecule has 1 N–H and O–H groups in total. The van der Waals surface area contributed by atoms with Gasteiger partial charge < -0.3 is 19.3 Å². The minimum atomic E-state index is -3.60. The van der Waals surface area contributed by atoms with Crippen LogP contribution in [0.4, 0.5) is 11.5 Å². The van der Waals surface area contributed by atoms with Crippen LogP contribution in [0.3, 0.4) is 0 Å². The van der Waals surface area contributed by atoms with Crippen molar-refractivity contribution in [3.05, 3.63) is 55.4 Å². The zero-order chi connectivity index (χ0) is 27.6. The van der Waals surface area contributed by atoms with E-state index in [1.165, 1.54) is 0 Å². The van der Waals surface area contributed by atoms with Gasteiger partial charge in [0, 0.05) is 43.3 Å². The van der Waals surface area contributed by atoms with Crippen LogP contribution in [0.2, 0.25) is 0 Å². The lowest BCUT2D eigenvalue weighted by Gasteiger charge is -2.36. The Bertz CT molecular complexity index is 1440. The normalized spacial score (nSPS) is 17.3. The van der Waals surface area contributed by atoms with Crippen molar-refractivity contribution in [1.82, 2.24) is 19.9 Å². The maximum Gasteiger partial charge on any atom is 0.235 e. The fraction of sp³-hybridized carbons (Fsp3) is 0.464. The number of benzene rings is 1. The number of pyridine rings is 1. The molecule has 0 amide bonds. The van der Waals surface area contributed by atoms with E-state index in [9.17, 15) is 8.42 Å². The van der Waals surface area contributed by atoms with Crippen LogP contribution in [0, 0.1) is 0 Å². The van der Waals surface area contributed by atoms with Gasteiger partial charge in [-0.25, -0.2) is 18.4 Å². The second kappa shape index (κ2) is 11.0. The van der Waals surface area contributed by atoms with Crippen LogP contribution in [0.5, 0.6) is 0 Å². The molecule has 5 rings (SSSR count). The highest BCUT2D eigenvalue weighted by Gasteiger charge is 2.31. The number of nitrogens with one attached hydrogen (secondary N) is 1. The predicted molar refractivity (Wildman–Crippen MR) is 153 cm³/mol. The minimum Gasteiger partial charge on any atom is -0.474 e. The van der Waals surface area contributed by atoms with E-state index in [1.807, 2.05) is 49.9 Å². The molecule has 0 saturated carbocycles. The quantitative estimate of drug-likeness (QED) is 0.435. The molecule has 2 aliphatic heterocycles. The molecule has 4 heterocycles. The van der Waals surface area contributed by atoms with Crippen LogP contribution in [0.1, 0.15) is 33.6 Å². The summed E-state index contributed by atoms with van der Waals surface area (Å²) in [5.74, 6) is 1.46. The number of hydrogen-bond acceptors (Lipinski definition) is 9. The fourth-order valence-corrected chi connectivity index (χ4v) is 6.42. The van der Waals surface area contributed by atoms with Gasteiger partial charge in [0.15, 0.2) is 5.88 Å². The highest BCUT2D eigenvalue weighted by molar-refractivity contribution is 7.93. The Morgan fingerprint density at radius 3 is 2.51 bits per heavy atom. The summed E-state index contributed by atoms with van der Waals surface area (Å²) < 4.78 is 40.6. The number of ether oxygens (including phenoxy) is 2. The Kier molecular flexibility index (Phi) is 7.64. The summed E-state index contributed by atoms with van der Waals surface area (Å²) in [6, 6.07) is 7.78. The van der Waals surface area contributed by atoms with Crippen molar-refractivity contribution in [2.75, 3.05) is 49.0 Å². The topological polar surface area (TPSA) is 110 Å². The first kappa shape index (κ1) is 27.1. The third-order valence-corrected chi connectivity index (χ3v) is 8.78. The SMILES string of the molecule is C=C(OC(C)(C)C)N1CCC(S(=O)(=O)Nc2cncc(-c3ccc4ncnc(N5CCOCC5)c4c3)c2)CC1. The highest BCUT2D eigenvalue weighted by atomic mass is 32.2. The first-order valence-electron chi connectivity index (χ1n) is 13.3. The molecule has 2 aromatic heterocycles. The van der Waals surface area contributed by atoms with Crippen molar-refractivity contribution in [3.8, 4) is 11.1 Å². The van der Waals surface area contributed by atoms with Crippen LogP contribution in [-0.4, -0.2) is 78.5 Å². The Balaban J connectivity index is 1.31. The van der Waals surface area contributed by atoms with Gasteiger partial charge >= 0.3 is 0 Å². The lowest BCUT2D eigenvalue weighted by Crippen LogP contribution is -2.42. The van der Waals surface area contributed by atoms with Crippen LogP contribution >= 0.6 is 0 Å². The van der Waals surface area contributed by atoms with E-state index in [-0.39, 0.29) is 5.60 Å². The van der Waals surface area contributed by atoms with Crippen LogP contribution in [-0.2, 0) is 19.5 Å². The first-order valence-corrected chi connectivity index (χ1v) is 14.8. The zero-order valence-electron chi connectivity index (χ0n) is 22.8. The molecular formula is C28H36N6O4S. The molecule has 1 aromatic carbocycles. The van der Waals surface area contributed by atoms with Crippen molar-refractivity contribution < 1.29 is 17.9 Å². The maximum absolute atomic E-state index is 13.3. The summed E-state index contributed by atoms with van der Waals surface area (Å²) in [6.45, 7) is 13.9. The van der Waals surface area contributed by atoms with Gasteiger partial charge in [-0.15, -0.1) is 0 Å². The summed E-state index contributed by atoms with van der Waals surface area (Å²) in [5.41, 5.74) is 2.65. The van der Waals surface area contributed by atoms with Crippen molar-refractivity contribution in [2.45, 2.75) is 44.5 Å². The van der Waals surface area contributed by atoms with E-state index in [0.717, 1.165) is 40.9 Å². The Morgan fingerprint density at radius 2 is 1.79 bits per heavy atom. The van der Waals surface area contributed by atoms with Gasteiger partial charge in [0.25, 0.3) is 0 Å². The van der Waals surface area contributed by atoms with Gasteiger partial charge in [-0.3, -0.25) is 9.71 Å². The second-order valence-corrected chi connectivity index (χ2v) is 12.9. The molecular weight excluding hydrogens is 516 g/mol. The van der Waals surface area contributed by atoms with Crippen molar-refractivity contribution in [1.29, 1.82) is 0 Å². The smallest absolute Gasteiger partial charge is 0.235 e. The molecule has 0 spiro atoms. The first-order chi connectivity index (χ1) is 18.6. The molecule has 2 aliphatic rings. The van der Waals surface area contributed by atoms with Crippen molar-refractivity contribution >= 4 is 32.4 Å². The van der Waals surface area contributed by atoms with E-state index in [4.69, 9.17) is 9.47 Å². The lowest BCUT2D eigenvalue weighted by atomic mass is 10.0. The number of nitrogens with zero attached hydrogens (tertiary/aromatic N) is 5. The molecule has 0 unspecified atom stereocenters. The van der Waals surface area contributed by atoms with Gasteiger partial charge in [0.1, 0.15) is 17.7 Å². The summed E-state index contributed by atoms with van der Waals surface area (Å²) in [6.07, 6.45) is 5.84. The van der Waals surface area contributed by atoms with Crippen molar-refractivity contribution in [3.63, 3.8) is 0 Å². The highest BCUT2D eigenvalue weighted by Crippen LogP contribution is 2.31. The van der Waals surface area contributed by atoms with E-state index >= 15 is 0 Å². The van der Waals surface area contributed by atoms with Crippen molar-refractivity contribution in [2.24, 2.45) is 0 Å². The van der Waals surface area contributed by atoms with Crippen LogP contribution in [0.25, 0.3) is 22.0 Å². The van der Waals surface area contributed by atoms with Gasteiger partial charge in [-0.2, -0.15) is 0 Å². The molecule has 3 aromatic rings. The predicted octanol–water partition coefficient (Wildman–Crippen LogP) is 4.02. The molecule has 0 bridgehead atoms. The van der Waals surface area contributed by atoms with Crippen LogP contribution < -0.4 is 9.62 Å². The van der Waals surface area contributed by atoms with Gasteiger partial charge in [0.2, 0.25) is 10.0 Å². The molecule has 0 atom stereocenters. The van der Waals surface area contributed by atoms with E-state index < -0.39 is 15.3 Å². The fourth-order valence-electron chi connectivity index (χ4n) is 4.98. The third kappa shape index (κ3) is 6.42. The molecule has 0 aliphatic carbocycles. The number of aromatic nitrogens is 3. The summed E-state index contributed by atoms with van der Waals surface area (Å²) >= 11 is 0. The Hall–Kier alpha value is -3.44. The Morgan fingerprint density at radius 1 is 1.05 bits per heavy atom. The number of anilines is 2. The molecule has 10 nitrogen and oxygen atoms in total. The average Bonchev–Trinajstić information content (AvgIpc) is 2.92. The Labute approximate surface area is 230 Å². The van der Waals surface area contributed by atoms with E-state index in [1.54, 1.807) is 18.7 Å². The monoisotopic (exact) mass is 552 g/mol. The second-order valence-electron chi connectivity index (χ2n) is 10.9. The molecule has 2 fully saturated rings. The maximum atomic E-state index is 13.3. The number of sulfonamides is 1. The number of hydrogen-bond donors (Lipinski definition) is 1. The molecule has 2 saturated heterocycles. The van der Waals surface area contributed by atoms with Gasteiger partial charge in [0.05, 0.1) is 35.9 Å². The van der Waals surface area contributed by atoms with Crippen LogP contribution in [0.15, 0.2) is 55.4 Å². The number of rotatable bonds is 7. The number of likely N-dealkylation sites (tertiary alicyclic amines) is 1. The molecule has 39 heavy (non-hydrogen) atoms. The van der Waals surface area contributed by atoms with E-state index in [2.05, 4.69) is 31.2 Å². The number of piperidine rings is 1. The van der Waals surface area contributed by atoms with Gasteiger partial charge in [-0.05, 0) is 64.0 Å². The minimum absolute atomic E-state index is 0.346. The number of morpholine rings is 1. The summed E-state index contributed by atoms with van der Waals surface area (Å²) in [5, 5.41) is 0.431. The lowest BCUT2D eigenvalue weighted by molar-refractivity contribution is -0.00132. The molecule has 11 heteroatoms. The van der Waals surface area contributed by atoms with E-state index in [0.29, 0.717) is 50.7 Å². The van der Waals surface area contributed by atoms with Gasteiger partial charge in [-0.1, -0.05) is 6.07 Å². The zero-order valence-corrected chi connectivity index (χ0v) is 23.6. The summed E-state index contributed by atoms with van der Waals surface area (Å²) in [4.78, 5) is 17.5. The third-order valence-electron chi connectivity index (χ3n) is 6.91. The largest absolute Gasteiger partial charge is 0.474 e. The summed E-state index contributed by atoms with van der Waals surface area (Å²) in [7, 11) is -3.60. The molecule has 0 radical (unpaired) electrons. The standard InChI is InChI=1S/C28H36N6O4S/c1-20(38-28(2,3)4)33-9-7-24(8-10-33)39(35,36)32-23-15-22(17-29-18-23)21-5-6-26-25(16-21)27(31-19-30-26)34-11-13-37-14-12-34/h5-6,15-19,24,32H,1,7-14H2,2-4H3. The number of fused-ring (bicyclic) bond motifs is 1. The average molecular weight is 553 g/mol.